The summed E-state index contributed by atoms with van der Waals surface area (Å²) in [6, 6.07) is 0.104. The van der Waals surface area contributed by atoms with E-state index in [2.05, 4.69) is 0 Å². The summed E-state index contributed by atoms with van der Waals surface area (Å²) in [5.41, 5.74) is 6.02. The molecule has 1 saturated heterocycles. The minimum absolute atomic E-state index is 0.0406. The highest BCUT2D eigenvalue weighted by molar-refractivity contribution is 7.89. The second-order valence-electron chi connectivity index (χ2n) is 4.97. The first-order chi connectivity index (χ1) is 7.00. The second-order valence-corrected chi connectivity index (χ2v) is 6.94. The largest absolute Gasteiger partial charge is 0.326 e. The van der Waals surface area contributed by atoms with Crippen LogP contribution in [-0.4, -0.2) is 37.1 Å². The molecule has 0 bridgehead atoms. The van der Waals surface area contributed by atoms with Gasteiger partial charge in [0.25, 0.3) is 0 Å². The fourth-order valence-electron chi connectivity index (χ4n) is 2.77. The zero-order chi connectivity index (χ0) is 11.1. The molecule has 0 radical (unpaired) electrons. The van der Waals surface area contributed by atoms with Crippen LogP contribution in [0.1, 0.15) is 32.6 Å². The van der Waals surface area contributed by atoms with Crippen LogP contribution in [0.4, 0.5) is 0 Å². The van der Waals surface area contributed by atoms with Crippen molar-refractivity contribution in [2.75, 3.05) is 12.3 Å². The third-order valence-corrected chi connectivity index (χ3v) is 5.62. The predicted octanol–water partition coefficient (Wildman–Crippen LogP) is 0.538. The van der Waals surface area contributed by atoms with Crippen LogP contribution in [0.25, 0.3) is 0 Å². The maximum absolute atomic E-state index is 11.9. The molecule has 1 aliphatic heterocycles. The van der Waals surface area contributed by atoms with Gasteiger partial charge in [-0.3, -0.25) is 0 Å². The van der Waals surface area contributed by atoms with E-state index >= 15 is 0 Å². The normalized spacial score (nSPS) is 41.9. The van der Waals surface area contributed by atoms with Crippen LogP contribution in [0.3, 0.4) is 0 Å². The molecule has 5 heteroatoms. The van der Waals surface area contributed by atoms with Crippen LogP contribution in [0.2, 0.25) is 0 Å². The van der Waals surface area contributed by atoms with Crippen molar-refractivity contribution in [3.8, 4) is 0 Å². The molecule has 0 aromatic carbocycles. The fraction of sp³-hybridized carbons (Fsp3) is 1.00. The molecule has 1 heterocycles. The first kappa shape index (κ1) is 11.4. The summed E-state index contributed by atoms with van der Waals surface area (Å²) in [6.45, 7) is 2.66. The van der Waals surface area contributed by atoms with E-state index in [0.717, 1.165) is 25.7 Å². The lowest BCUT2D eigenvalue weighted by atomic mass is 9.91. The van der Waals surface area contributed by atoms with Crippen LogP contribution in [0, 0.1) is 5.92 Å². The monoisotopic (exact) mass is 232 g/mol. The summed E-state index contributed by atoms with van der Waals surface area (Å²) in [7, 11) is -3.02. The van der Waals surface area contributed by atoms with E-state index in [-0.39, 0.29) is 18.0 Å². The third kappa shape index (κ3) is 2.19. The second kappa shape index (κ2) is 4.03. The molecule has 2 fully saturated rings. The van der Waals surface area contributed by atoms with Gasteiger partial charge in [0.2, 0.25) is 10.0 Å². The van der Waals surface area contributed by atoms with E-state index in [1.807, 2.05) is 6.92 Å². The van der Waals surface area contributed by atoms with Crippen molar-refractivity contribution in [2.45, 2.75) is 44.7 Å². The van der Waals surface area contributed by atoms with Crippen molar-refractivity contribution in [1.82, 2.24) is 4.31 Å². The Morgan fingerprint density at radius 3 is 2.47 bits per heavy atom. The quantitative estimate of drug-likeness (QED) is 0.717. The van der Waals surface area contributed by atoms with Gasteiger partial charge in [-0.1, -0.05) is 19.8 Å². The van der Waals surface area contributed by atoms with Gasteiger partial charge >= 0.3 is 0 Å². The van der Waals surface area contributed by atoms with Gasteiger partial charge in [-0.15, -0.1) is 0 Å². The van der Waals surface area contributed by atoms with Crippen molar-refractivity contribution in [2.24, 2.45) is 11.7 Å². The molecule has 2 aliphatic rings. The zero-order valence-electron chi connectivity index (χ0n) is 9.22. The number of hydrogen-bond acceptors (Lipinski definition) is 3. The molecular weight excluding hydrogens is 212 g/mol. The van der Waals surface area contributed by atoms with E-state index in [1.165, 1.54) is 0 Å². The smallest absolute Gasteiger partial charge is 0.214 e. The SMILES string of the molecule is CC1CN([C@@H]2CCCC[C@H]2N)S(=O)(=O)C1. The molecule has 3 atom stereocenters. The molecule has 2 N–H and O–H groups in total. The summed E-state index contributed by atoms with van der Waals surface area (Å²) in [5.74, 6) is 0.556. The van der Waals surface area contributed by atoms with Crippen molar-refractivity contribution >= 4 is 10.0 Å². The zero-order valence-corrected chi connectivity index (χ0v) is 10.0. The number of hydrogen-bond donors (Lipinski definition) is 1. The molecule has 0 aromatic heterocycles. The molecule has 1 aliphatic carbocycles. The van der Waals surface area contributed by atoms with Crippen LogP contribution in [0.5, 0.6) is 0 Å². The van der Waals surface area contributed by atoms with Gasteiger partial charge in [0.05, 0.1) is 5.75 Å². The van der Waals surface area contributed by atoms with Crippen molar-refractivity contribution in [1.29, 1.82) is 0 Å². The topological polar surface area (TPSA) is 63.4 Å². The van der Waals surface area contributed by atoms with Gasteiger partial charge in [0, 0.05) is 18.6 Å². The number of rotatable bonds is 1. The molecule has 4 nitrogen and oxygen atoms in total. The van der Waals surface area contributed by atoms with Crippen LogP contribution >= 0.6 is 0 Å². The molecule has 88 valence electrons. The molecule has 1 saturated carbocycles. The van der Waals surface area contributed by atoms with Crippen LogP contribution in [0.15, 0.2) is 0 Å². The molecule has 0 spiro atoms. The van der Waals surface area contributed by atoms with Crippen molar-refractivity contribution in [3.05, 3.63) is 0 Å². The van der Waals surface area contributed by atoms with Gasteiger partial charge in [-0.25, -0.2) is 8.42 Å². The summed E-state index contributed by atoms with van der Waals surface area (Å²) in [5, 5.41) is 0. The minimum Gasteiger partial charge on any atom is -0.326 e. The van der Waals surface area contributed by atoms with Crippen molar-refractivity contribution < 1.29 is 8.42 Å². The van der Waals surface area contributed by atoms with E-state index in [4.69, 9.17) is 5.73 Å². The molecule has 1 unspecified atom stereocenters. The van der Waals surface area contributed by atoms with E-state index < -0.39 is 10.0 Å². The lowest BCUT2D eigenvalue weighted by Gasteiger charge is -2.34. The highest BCUT2D eigenvalue weighted by Gasteiger charge is 2.41. The molecule has 15 heavy (non-hydrogen) atoms. The Kier molecular flexibility index (Phi) is 3.05. The van der Waals surface area contributed by atoms with Crippen molar-refractivity contribution in [3.63, 3.8) is 0 Å². The number of nitrogens with zero attached hydrogens (tertiary/aromatic N) is 1. The predicted molar refractivity (Wildman–Crippen MR) is 59.9 cm³/mol. The van der Waals surface area contributed by atoms with E-state index in [0.29, 0.717) is 12.3 Å². The molecular formula is C10H20N2O2S. The summed E-state index contributed by atoms with van der Waals surface area (Å²) >= 11 is 0. The summed E-state index contributed by atoms with van der Waals surface area (Å²) < 4.78 is 25.4. The Balaban J connectivity index is 2.15. The first-order valence-electron chi connectivity index (χ1n) is 5.76. The Labute approximate surface area is 91.9 Å². The van der Waals surface area contributed by atoms with Gasteiger partial charge in [-0.2, -0.15) is 4.31 Å². The Hall–Kier alpha value is -0.130. The van der Waals surface area contributed by atoms with Gasteiger partial charge in [0.1, 0.15) is 0 Å². The van der Waals surface area contributed by atoms with E-state index in [9.17, 15) is 8.42 Å². The summed E-state index contributed by atoms with van der Waals surface area (Å²) in [6.07, 6.45) is 4.15. The Morgan fingerprint density at radius 2 is 1.93 bits per heavy atom. The standard InChI is InChI=1S/C10H20N2O2S/c1-8-6-12(15(13,14)7-8)10-5-3-2-4-9(10)11/h8-10H,2-7,11H2,1H3/t8?,9-,10-/m1/s1. The molecule has 0 aromatic rings. The van der Waals surface area contributed by atoms with Gasteiger partial charge < -0.3 is 5.73 Å². The van der Waals surface area contributed by atoms with Gasteiger partial charge in [0.15, 0.2) is 0 Å². The Morgan fingerprint density at radius 1 is 1.27 bits per heavy atom. The average Bonchev–Trinajstić information content (AvgIpc) is 2.40. The molecule has 0 amide bonds. The maximum atomic E-state index is 11.9. The van der Waals surface area contributed by atoms with E-state index in [1.54, 1.807) is 4.31 Å². The lowest BCUT2D eigenvalue weighted by Crippen LogP contribution is -2.50. The lowest BCUT2D eigenvalue weighted by molar-refractivity contribution is 0.227. The Bertz CT molecular complexity index is 328. The van der Waals surface area contributed by atoms with Crippen LogP contribution < -0.4 is 5.73 Å². The highest BCUT2D eigenvalue weighted by atomic mass is 32.2. The highest BCUT2D eigenvalue weighted by Crippen LogP contribution is 2.29. The average molecular weight is 232 g/mol. The molecule has 2 rings (SSSR count). The third-order valence-electron chi connectivity index (χ3n) is 3.50. The number of sulfonamides is 1. The summed E-state index contributed by atoms with van der Waals surface area (Å²) in [4.78, 5) is 0. The number of nitrogens with two attached hydrogens (primary N) is 1. The van der Waals surface area contributed by atoms with Gasteiger partial charge in [-0.05, 0) is 18.8 Å². The minimum atomic E-state index is -3.02. The maximum Gasteiger partial charge on any atom is 0.214 e. The first-order valence-corrected chi connectivity index (χ1v) is 7.37. The fourth-order valence-corrected chi connectivity index (χ4v) is 4.94. The van der Waals surface area contributed by atoms with Crippen LogP contribution in [-0.2, 0) is 10.0 Å².